The molecule has 0 spiro atoms. The second-order valence-corrected chi connectivity index (χ2v) is 13.3. The summed E-state index contributed by atoms with van der Waals surface area (Å²) in [7, 11) is 2.03. The standard InChI is InChI=1S/C28H46N6O3/c1-26(2)15-21-16-27(3,18-26)34(17-21)24(31-25(36)37)30-22(14-20-8-6-5-7-9-20)23(35)32-28(19-29)10-12-33(4)13-11-28/h20-22H,5-18H2,1-4H3,(H,30,31)(H,32,35)(H,36,37). The topological polar surface area (TPSA) is 121 Å². The van der Waals surface area contributed by atoms with E-state index in [2.05, 4.69) is 47.3 Å². The highest BCUT2D eigenvalue weighted by molar-refractivity contribution is 5.96. The first-order valence-corrected chi connectivity index (χ1v) is 14.2. The molecule has 4 aliphatic rings. The molecule has 206 valence electrons. The second-order valence-electron chi connectivity index (χ2n) is 13.3. The largest absolute Gasteiger partial charge is 0.465 e. The number of fused-ring (bicyclic) bond motifs is 2. The van der Waals surface area contributed by atoms with Crippen molar-refractivity contribution >= 4 is 18.0 Å². The maximum Gasteiger partial charge on any atom is 0.411 e. The van der Waals surface area contributed by atoms with Crippen LogP contribution in [-0.2, 0) is 4.79 Å². The number of guanidine groups is 1. The highest BCUT2D eigenvalue weighted by Gasteiger charge is 2.52. The van der Waals surface area contributed by atoms with E-state index in [0.717, 1.165) is 64.6 Å². The Kier molecular flexibility index (Phi) is 8.08. The van der Waals surface area contributed by atoms with Gasteiger partial charge < -0.3 is 20.2 Å². The van der Waals surface area contributed by atoms with Gasteiger partial charge in [-0.15, -0.1) is 0 Å². The van der Waals surface area contributed by atoms with Crippen molar-refractivity contribution in [3.05, 3.63) is 0 Å². The minimum atomic E-state index is -1.16. The van der Waals surface area contributed by atoms with Gasteiger partial charge in [-0.05, 0) is 69.7 Å². The van der Waals surface area contributed by atoms with E-state index in [-0.39, 0.29) is 16.9 Å². The molecule has 2 bridgehead atoms. The monoisotopic (exact) mass is 514 g/mol. The number of nitriles is 1. The summed E-state index contributed by atoms with van der Waals surface area (Å²) in [6, 6.07) is 1.66. The van der Waals surface area contributed by atoms with Gasteiger partial charge in [0.2, 0.25) is 11.9 Å². The number of aliphatic imine (C=N–C) groups is 1. The van der Waals surface area contributed by atoms with E-state index in [1.807, 2.05) is 7.05 Å². The number of amides is 2. The summed E-state index contributed by atoms with van der Waals surface area (Å²) in [5.41, 5.74) is -0.932. The molecule has 0 aromatic carbocycles. The van der Waals surface area contributed by atoms with Gasteiger partial charge in [0.15, 0.2) is 0 Å². The molecule has 2 saturated carbocycles. The number of carbonyl (C=O) groups is 2. The highest BCUT2D eigenvalue weighted by atomic mass is 16.4. The van der Waals surface area contributed by atoms with Crippen LogP contribution in [0.25, 0.3) is 0 Å². The Morgan fingerprint density at radius 3 is 2.43 bits per heavy atom. The number of hydrogen-bond acceptors (Lipinski definition) is 5. The van der Waals surface area contributed by atoms with Crippen LogP contribution in [0.4, 0.5) is 4.79 Å². The van der Waals surface area contributed by atoms with Gasteiger partial charge in [0, 0.05) is 25.2 Å². The number of nitrogens with one attached hydrogen (secondary N) is 2. The van der Waals surface area contributed by atoms with Crippen LogP contribution in [0.5, 0.6) is 0 Å². The van der Waals surface area contributed by atoms with Crippen LogP contribution in [0.3, 0.4) is 0 Å². The predicted molar refractivity (Wildman–Crippen MR) is 143 cm³/mol. The number of likely N-dealkylation sites (tertiary alicyclic amines) is 2. The van der Waals surface area contributed by atoms with E-state index in [9.17, 15) is 20.0 Å². The summed E-state index contributed by atoms with van der Waals surface area (Å²) in [6.07, 6.45) is 9.26. The number of carbonyl (C=O) groups excluding carboxylic acids is 1. The fourth-order valence-corrected chi connectivity index (χ4v) is 7.76. The lowest BCUT2D eigenvalue weighted by Gasteiger charge is -2.44. The van der Waals surface area contributed by atoms with Gasteiger partial charge in [-0.2, -0.15) is 5.26 Å². The molecule has 3 unspecified atom stereocenters. The summed E-state index contributed by atoms with van der Waals surface area (Å²) < 4.78 is 0. The Bertz CT molecular complexity index is 929. The van der Waals surface area contributed by atoms with Crippen molar-refractivity contribution in [2.24, 2.45) is 22.2 Å². The lowest BCUT2D eigenvalue weighted by atomic mass is 9.67. The molecule has 0 aromatic rings. The summed E-state index contributed by atoms with van der Waals surface area (Å²) in [5, 5.41) is 25.4. The van der Waals surface area contributed by atoms with Gasteiger partial charge in [-0.25, -0.2) is 9.79 Å². The maximum absolute atomic E-state index is 13.8. The van der Waals surface area contributed by atoms with Crippen LogP contribution in [0, 0.1) is 28.6 Å². The fraction of sp³-hybridized carbons (Fsp3) is 0.857. The molecule has 0 aromatic heterocycles. The van der Waals surface area contributed by atoms with Crippen LogP contribution in [0.1, 0.15) is 91.4 Å². The van der Waals surface area contributed by atoms with Crippen molar-refractivity contribution in [1.29, 1.82) is 5.26 Å². The lowest BCUT2D eigenvalue weighted by Crippen LogP contribution is -2.57. The molecule has 2 saturated heterocycles. The molecule has 2 amide bonds. The van der Waals surface area contributed by atoms with Crippen LogP contribution < -0.4 is 10.6 Å². The molecule has 37 heavy (non-hydrogen) atoms. The van der Waals surface area contributed by atoms with Crippen LogP contribution >= 0.6 is 0 Å². The summed E-state index contributed by atoms with van der Waals surface area (Å²) in [5.74, 6) is 0.887. The maximum atomic E-state index is 13.8. The van der Waals surface area contributed by atoms with Gasteiger partial charge in [0.1, 0.15) is 11.6 Å². The van der Waals surface area contributed by atoms with Gasteiger partial charge in [-0.3, -0.25) is 10.1 Å². The van der Waals surface area contributed by atoms with Crippen LogP contribution in [-0.4, -0.2) is 76.7 Å². The predicted octanol–water partition coefficient (Wildman–Crippen LogP) is 3.95. The SMILES string of the molecule is CN1CCC(C#N)(NC(=O)C(CC2CCCCC2)N=C(NC(=O)O)N2CC3CC(C)(C)CC2(C)C3)CC1. The molecule has 2 aliphatic heterocycles. The van der Waals surface area contributed by atoms with Crippen molar-refractivity contribution in [3.63, 3.8) is 0 Å². The van der Waals surface area contributed by atoms with E-state index < -0.39 is 17.7 Å². The molecule has 9 nitrogen and oxygen atoms in total. The smallest absolute Gasteiger partial charge is 0.411 e. The first-order chi connectivity index (χ1) is 17.4. The highest BCUT2D eigenvalue weighted by Crippen LogP contribution is 2.51. The Morgan fingerprint density at radius 1 is 1.14 bits per heavy atom. The van der Waals surface area contributed by atoms with E-state index in [0.29, 0.717) is 37.1 Å². The van der Waals surface area contributed by atoms with E-state index in [4.69, 9.17) is 4.99 Å². The molecule has 9 heteroatoms. The average Bonchev–Trinajstić information content (AvgIpc) is 3.08. The molecule has 3 atom stereocenters. The van der Waals surface area contributed by atoms with Crippen molar-refractivity contribution in [2.75, 3.05) is 26.7 Å². The van der Waals surface area contributed by atoms with Crippen molar-refractivity contribution in [3.8, 4) is 6.07 Å². The number of hydrogen-bond donors (Lipinski definition) is 3. The number of rotatable bonds is 5. The first kappa shape index (κ1) is 27.7. The number of piperidine rings is 1. The normalized spacial score (nSPS) is 30.8. The van der Waals surface area contributed by atoms with Gasteiger partial charge in [0.25, 0.3) is 0 Å². The minimum Gasteiger partial charge on any atom is -0.465 e. The number of carboxylic acid groups (broad SMARTS) is 1. The Morgan fingerprint density at radius 2 is 1.81 bits per heavy atom. The summed E-state index contributed by atoms with van der Waals surface area (Å²) >= 11 is 0. The van der Waals surface area contributed by atoms with Crippen LogP contribution in [0.2, 0.25) is 0 Å². The molecular formula is C28H46N6O3. The number of nitrogens with zero attached hydrogens (tertiary/aromatic N) is 4. The Labute approximate surface area is 222 Å². The summed E-state index contributed by atoms with van der Waals surface area (Å²) in [6.45, 7) is 9.01. The van der Waals surface area contributed by atoms with Crippen molar-refractivity contribution < 1.29 is 14.7 Å². The molecule has 0 radical (unpaired) electrons. The van der Waals surface area contributed by atoms with Crippen molar-refractivity contribution in [1.82, 2.24) is 20.4 Å². The fourth-order valence-electron chi connectivity index (χ4n) is 7.76. The Hall–Kier alpha value is -2.34. The lowest BCUT2D eigenvalue weighted by molar-refractivity contribution is -0.124. The first-order valence-electron chi connectivity index (χ1n) is 14.2. The van der Waals surface area contributed by atoms with Gasteiger partial charge >= 0.3 is 6.09 Å². The average molecular weight is 515 g/mol. The molecule has 4 fully saturated rings. The van der Waals surface area contributed by atoms with Gasteiger partial charge in [0.05, 0.1) is 6.07 Å². The van der Waals surface area contributed by atoms with Gasteiger partial charge in [-0.1, -0.05) is 46.0 Å². The minimum absolute atomic E-state index is 0.174. The second kappa shape index (κ2) is 10.8. The molecule has 2 heterocycles. The third kappa shape index (κ3) is 6.57. The van der Waals surface area contributed by atoms with Crippen molar-refractivity contribution in [2.45, 2.75) is 109 Å². The zero-order valence-electron chi connectivity index (χ0n) is 23.2. The summed E-state index contributed by atoms with van der Waals surface area (Å²) in [4.78, 5) is 34.9. The molecular weight excluding hydrogens is 468 g/mol. The third-order valence-electron chi connectivity index (χ3n) is 9.28. The third-order valence-corrected chi connectivity index (χ3v) is 9.28. The molecule has 4 rings (SSSR count). The molecule has 2 aliphatic carbocycles. The Balaban J connectivity index is 1.63. The van der Waals surface area contributed by atoms with E-state index in [1.165, 1.54) is 6.42 Å². The van der Waals surface area contributed by atoms with Crippen LogP contribution in [0.15, 0.2) is 4.99 Å². The van der Waals surface area contributed by atoms with E-state index >= 15 is 0 Å². The zero-order valence-corrected chi connectivity index (χ0v) is 23.2. The zero-order chi connectivity index (χ0) is 26.8. The molecule has 3 N–H and O–H groups in total. The quantitative estimate of drug-likeness (QED) is 0.377. The van der Waals surface area contributed by atoms with E-state index in [1.54, 1.807) is 0 Å².